The van der Waals surface area contributed by atoms with E-state index in [1.807, 2.05) is 37.8 Å². The van der Waals surface area contributed by atoms with Crippen LogP contribution in [0.25, 0.3) is 0 Å². The first-order valence-corrected chi connectivity index (χ1v) is 11.7. The van der Waals surface area contributed by atoms with E-state index < -0.39 is 40.3 Å². The average Bonchev–Trinajstić information content (AvgIpc) is 2.82. The maximum Gasteiger partial charge on any atom is 0.335 e. The molecule has 1 N–H and O–H groups in total. The highest BCUT2D eigenvalue weighted by Crippen LogP contribution is 2.48. The van der Waals surface area contributed by atoms with Crippen LogP contribution < -0.4 is 15.1 Å². The quantitative estimate of drug-likeness (QED) is 0.409. The third-order valence-electron chi connectivity index (χ3n) is 7.25. The number of benzene rings is 2. The Morgan fingerprint density at radius 3 is 2.51 bits per heavy atom. The second kappa shape index (κ2) is 8.16. The minimum atomic E-state index is -1.71. The molecule has 3 aliphatic rings. The molecule has 2 aromatic rings. The molecule has 0 unspecified atom stereocenters. The number of ether oxygens (including phenoxy) is 1. The summed E-state index contributed by atoms with van der Waals surface area (Å²) in [6.07, 6.45) is -0.00753. The molecule has 4 amide bonds. The highest BCUT2D eigenvalue weighted by Gasteiger charge is 2.65. The smallest absolute Gasteiger partial charge is 0.335 e. The first kappa shape index (κ1) is 23.0. The number of nitrogens with zero attached hydrogens (tertiary/aromatic N) is 3. The standard InChI is InChI=1S/C25H26N4O6/c1-4-16-5-7-18(8-6-16)28-23(31)25(22(30)26-24(28)32)12-17-11-19(29(33)34)9-10-20(17)27-13-14(2)35-15(3)21(25)27/h5-11,14-15,21H,4,12-13H2,1-3H3,(H,26,30,32)/t14-,15+,21-,25+/m0/s1. The van der Waals surface area contributed by atoms with Crippen molar-refractivity contribution in [3.05, 3.63) is 63.7 Å². The van der Waals surface area contributed by atoms with Gasteiger partial charge in [0.1, 0.15) is 0 Å². The minimum Gasteiger partial charge on any atom is -0.372 e. The largest absolute Gasteiger partial charge is 0.372 e. The zero-order valence-corrected chi connectivity index (χ0v) is 19.7. The number of carbonyl (C=O) groups excluding carboxylic acids is 3. The number of barbiturate groups is 1. The number of nitro benzene ring substituents is 1. The first-order valence-electron chi connectivity index (χ1n) is 11.7. The number of fused-ring (bicyclic) bond motifs is 4. The number of aryl methyl sites for hydroxylation is 1. The van der Waals surface area contributed by atoms with Gasteiger partial charge in [-0.3, -0.25) is 25.0 Å². The highest BCUT2D eigenvalue weighted by atomic mass is 16.6. The average molecular weight is 479 g/mol. The molecule has 3 aliphatic heterocycles. The van der Waals surface area contributed by atoms with Crippen molar-refractivity contribution >= 4 is 34.9 Å². The van der Waals surface area contributed by atoms with Gasteiger partial charge in [0.25, 0.3) is 11.6 Å². The highest BCUT2D eigenvalue weighted by molar-refractivity contribution is 6.30. The molecule has 0 aromatic heterocycles. The van der Waals surface area contributed by atoms with E-state index in [2.05, 4.69) is 5.32 Å². The summed E-state index contributed by atoms with van der Waals surface area (Å²) in [7, 11) is 0. The van der Waals surface area contributed by atoms with Gasteiger partial charge in [0.15, 0.2) is 5.41 Å². The normalized spacial score (nSPS) is 28.0. The first-order chi connectivity index (χ1) is 16.7. The molecule has 4 atom stereocenters. The molecule has 10 heteroatoms. The third-order valence-corrected chi connectivity index (χ3v) is 7.25. The summed E-state index contributed by atoms with van der Waals surface area (Å²) in [6, 6.07) is 10.0. The Bertz CT molecular complexity index is 1250. The molecule has 35 heavy (non-hydrogen) atoms. The summed E-state index contributed by atoms with van der Waals surface area (Å²) in [4.78, 5) is 54.6. The van der Waals surface area contributed by atoms with Crippen LogP contribution in [-0.4, -0.2) is 47.6 Å². The number of nitrogens with one attached hydrogen (secondary N) is 1. The van der Waals surface area contributed by atoms with Crippen LogP contribution in [0.2, 0.25) is 0 Å². The maximum atomic E-state index is 14.2. The summed E-state index contributed by atoms with van der Waals surface area (Å²) in [5, 5.41) is 13.9. The second-order valence-electron chi connectivity index (χ2n) is 9.39. The van der Waals surface area contributed by atoms with Crippen LogP contribution >= 0.6 is 0 Å². The third kappa shape index (κ3) is 3.39. The number of amides is 4. The van der Waals surface area contributed by atoms with Crippen LogP contribution in [0.1, 0.15) is 31.9 Å². The number of carbonyl (C=O) groups is 3. The van der Waals surface area contributed by atoms with Crippen molar-refractivity contribution < 1.29 is 24.0 Å². The summed E-state index contributed by atoms with van der Waals surface area (Å²) in [5.41, 5.74) is 0.793. The van der Waals surface area contributed by atoms with Gasteiger partial charge in [0, 0.05) is 30.8 Å². The van der Waals surface area contributed by atoms with Gasteiger partial charge in [-0.25, -0.2) is 9.69 Å². The van der Waals surface area contributed by atoms with Gasteiger partial charge in [-0.15, -0.1) is 0 Å². The van der Waals surface area contributed by atoms with Gasteiger partial charge in [-0.1, -0.05) is 19.1 Å². The van der Waals surface area contributed by atoms with Crippen molar-refractivity contribution in [3.63, 3.8) is 0 Å². The molecule has 5 rings (SSSR count). The molecule has 10 nitrogen and oxygen atoms in total. The number of imide groups is 2. The van der Waals surface area contributed by atoms with Crippen LogP contribution in [-0.2, 0) is 27.2 Å². The molecule has 2 aromatic carbocycles. The number of nitro groups is 1. The molecular weight excluding hydrogens is 452 g/mol. The van der Waals surface area contributed by atoms with E-state index in [-0.39, 0.29) is 18.2 Å². The Labute approximate surface area is 202 Å². The Hall–Kier alpha value is -3.79. The van der Waals surface area contributed by atoms with Crippen LogP contribution in [0, 0.1) is 15.5 Å². The second-order valence-corrected chi connectivity index (χ2v) is 9.39. The van der Waals surface area contributed by atoms with Crippen molar-refractivity contribution in [2.24, 2.45) is 5.41 Å². The predicted octanol–water partition coefficient (Wildman–Crippen LogP) is 2.96. The molecule has 2 saturated heterocycles. The Balaban J connectivity index is 1.68. The predicted molar refractivity (Wildman–Crippen MR) is 127 cm³/mol. The molecule has 182 valence electrons. The zero-order chi connectivity index (χ0) is 25.1. The van der Waals surface area contributed by atoms with E-state index in [1.165, 1.54) is 12.1 Å². The molecule has 2 fully saturated rings. The molecule has 0 saturated carbocycles. The van der Waals surface area contributed by atoms with Gasteiger partial charge < -0.3 is 9.64 Å². The van der Waals surface area contributed by atoms with E-state index in [9.17, 15) is 24.5 Å². The molecule has 1 spiro atoms. The van der Waals surface area contributed by atoms with Crippen molar-refractivity contribution in [2.45, 2.75) is 51.9 Å². The fraction of sp³-hybridized carbons (Fsp3) is 0.400. The molecule has 0 radical (unpaired) electrons. The lowest BCUT2D eigenvalue weighted by Gasteiger charge is -2.56. The van der Waals surface area contributed by atoms with E-state index in [4.69, 9.17) is 4.74 Å². The topological polar surface area (TPSA) is 122 Å². The van der Waals surface area contributed by atoms with Crippen molar-refractivity contribution in [3.8, 4) is 0 Å². The summed E-state index contributed by atoms with van der Waals surface area (Å²) >= 11 is 0. The zero-order valence-electron chi connectivity index (χ0n) is 19.7. The Morgan fingerprint density at radius 1 is 1.14 bits per heavy atom. The maximum absolute atomic E-state index is 14.2. The lowest BCUT2D eigenvalue weighted by molar-refractivity contribution is -0.384. The monoisotopic (exact) mass is 478 g/mol. The van der Waals surface area contributed by atoms with Gasteiger partial charge in [0.05, 0.1) is 28.9 Å². The summed E-state index contributed by atoms with van der Waals surface area (Å²) < 4.78 is 6.07. The van der Waals surface area contributed by atoms with Crippen LogP contribution in [0.3, 0.4) is 0 Å². The number of hydrogen-bond donors (Lipinski definition) is 1. The number of non-ortho nitro benzene ring substituents is 1. The Morgan fingerprint density at radius 2 is 1.86 bits per heavy atom. The van der Waals surface area contributed by atoms with Gasteiger partial charge >= 0.3 is 6.03 Å². The molecular formula is C25H26N4O6. The van der Waals surface area contributed by atoms with E-state index in [0.29, 0.717) is 17.8 Å². The number of anilines is 2. The molecule has 0 aliphatic carbocycles. The number of rotatable bonds is 3. The van der Waals surface area contributed by atoms with Crippen molar-refractivity contribution in [1.29, 1.82) is 0 Å². The van der Waals surface area contributed by atoms with Gasteiger partial charge in [0.2, 0.25) is 5.91 Å². The summed E-state index contributed by atoms with van der Waals surface area (Å²) in [5.74, 6) is -1.38. The Kier molecular flexibility index (Phi) is 5.36. The van der Waals surface area contributed by atoms with Crippen LogP contribution in [0.5, 0.6) is 0 Å². The van der Waals surface area contributed by atoms with E-state index in [0.717, 1.165) is 22.6 Å². The lowest BCUT2D eigenvalue weighted by atomic mass is 9.66. The molecule has 3 heterocycles. The van der Waals surface area contributed by atoms with Crippen molar-refractivity contribution in [1.82, 2.24) is 5.32 Å². The molecule has 0 bridgehead atoms. The number of morpholine rings is 1. The van der Waals surface area contributed by atoms with Gasteiger partial charge in [-0.05, 0) is 49.6 Å². The number of hydrogen-bond acceptors (Lipinski definition) is 7. The van der Waals surface area contributed by atoms with Gasteiger partial charge in [-0.2, -0.15) is 0 Å². The fourth-order valence-electron chi connectivity index (χ4n) is 5.74. The fourth-order valence-corrected chi connectivity index (χ4v) is 5.74. The lowest BCUT2D eigenvalue weighted by Crippen LogP contribution is -2.76. The van der Waals surface area contributed by atoms with Crippen molar-refractivity contribution in [2.75, 3.05) is 16.3 Å². The number of urea groups is 1. The summed E-state index contributed by atoms with van der Waals surface area (Å²) in [6.45, 7) is 6.09. The minimum absolute atomic E-state index is 0.0885. The van der Waals surface area contributed by atoms with E-state index >= 15 is 0 Å². The van der Waals surface area contributed by atoms with Crippen LogP contribution in [0.4, 0.5) is 21.9 Å². The van der Waals surface area contributed by atoms with Crippen LogP contribution in [0.15, 0.2) is 42.5 Å². The SMILES string of the molecule is CCc1ccc(N2C(=O)NC(=O)[C@]3(Cc4cc([N+](=O)[O-])ccc4N4C[C@H](C)O[C@H](C)[C@H]43)C2=O)cc1. The van der Waals surface area contributed by atoms with E-state index in [1.54, 1.807) is 18.2 Å².